The van der Waals surface area contributed by atoms with Crippen LogP contribution in [0.1, 0.15) is 27.6 Å². The summed E-state index contributed by atoms with van der Waals surface area (Å²) >= 11 is 0. The van der Waals surface area contributed by atoms with Crippen molar-refractivity contribution < 1.29 is 28.5 Å². The van der Waals surface area contributed by atoms with Gasteiger partial charge in [-0.15, -0.1) is 0 Å². The van der Waals surface area contributed by atoms with Gasteiger partial charge in [0, 0.05) is 7.11 Å². The highest BCUT2D eigenvalue weighted by atomic mass is 16.5. The SMILES string of the molecule is CCOC(=O)c1cccc(OC(=O)c2ccc(OCCOC)cc2)c1. The van der Waals surface area contributed by atoms with Crippen molar-refractivity contribution in [3.8, 4) is 11.5 Å². The minimum absolute atomic E-state index is 0.274. The first-order valence-electron chi connectivity index (χ1n) is 7.85. The summed E-state index contributed by atoms with van der Waals surface area (Å²) in [5, 5.41) is 0. The standard InChI is InChI=1S/C19H20O6/c1-3-23-18(20)15-5-4-6-17(13-15)25-19(21)14-7-9-16(10-8-14)24-12-11-22-2/h4-10,13H,3,11-12H2,1-2H3. The van der Waals surface area contributed by atoms with E-state index in [1.165, 1.54) is 6.07 Å². The summed E-state index contributed by atoms with van der Waals surface area (Å²) in [6.07, 6.45) is 0. The Morgan fingerprint density at radius 1 is 0.880 bits per heavy atom. The Morgan fingerprint density at radius 3 is 2.32 bits per heavy atom. The van der Waals surface area contributed by atoms with Gasteiger partial charge >= 0.3 is 11.9 Å². The Kier molecular flexibility index (Phi) is 6.98. The number of esters is 2. The number of methoxy groups -OCH3 is 1. The van der Waals surface area contributed by atoms with Crippen LogP contribution in [0.15, 0.2) is 48.5 Å². The summed E-state index contributed by atoms with van der Waals surface area (Å²) in [7, 11) is 1.60. The molecule has 2 rings (SSSR count). The molecule has 0 radical (unpaired) electrons. The largest absolute Gasteiger partial charge is 0.491 e. The molecule has 6 nitrogen and oxygen atoms in total. The van der Waals surface area contributed by atoms with E-state index in [-0.39, 0.29) is 12.4 Å². The molecule has 0 saturated carbocycles. The van der Waals surface area contributed by atoms with Crippen LogP contribution in [0, 0.1) is 0 Å². The van der Waals surface area contributed by atoms with Crippen LogP contribution in [0.4, 0.5) is 0 Å². The molecular weight excluding hydrogens is 324 g/mol. The van der Waals surface area contributed by atoms with E-state index < -0.39 is 11.9 Å². The number of hydrogen-bond acceptors (Lipinski definition) is 6. The Morgan fingerprint density at radius 2 is 1.64 bits per heavy atom. The predicted octanol–water partition coefficient (Wildman–Crippen LogP) is 3.11. The molecule has 0 aliphatic heterocycles. The van der Waals surface area contributed by atoms with Crippen molar-refractivity contribution >= 4 is 11.9 Å². The second kappa shape index (κ2) is 9.44. The molecule has 6 heteroatoms. The van der Waals surface area contributed by atoms with Crippen molar-refractivity contribution in [3.05, 3.63) is 59.7 Å². The average Bonchev–Trinajstić information content (AvgIpc) is 2.63. The molecule has 2 aromatic carbocycles. The molecule has 0 aliphatic carbocycles. The molecule has 0 aromatic heterocycles. The smallest absolute Gasteiger partial charge is 0.343 e. The van der Waals surface area contributed by atoms with Gasteiger partial charge in [0.15, 0.2) is 0 Å². The molecule has 0 unspecified atom stereocenters. The fourth-order valence-electron chi connectivity index (χ4n) is 2.00. The average molecular weight is 344 g/mol. The Balaban J connectivity index is 1.99. The van der Waals surface area contributed by atoms with Gasteiger partial charge in [-0.1, -0.05) is 6.07 Å². The fourth-order valence-corrected chi connectivity index (χ4v) is 2.00. The third-order valence-electron chi connectivity index (χ3n) is 3.20. The Bertz CT molecular complexity index is 708. The number of carbonyl (C=O) groups is 2. The zero-order valence-corrected chi connectivity index (χ0v) is 14.2. The molecule has 0 bridgehead atoms. The number of rotatable bonds is 8. The summed E-state index contributed by atoms with van der Waals surface area (Å²) < 4.78 is 20.6. The molecule has 2 aromatic rings. The summed E-state index contributed by atoms with van der Waals surface area (Å²) in [5.41, 5.74) is 0.703. The number of hydrogen-bond donors (Lipinski definition) is 0. The lowest BCUT2D eigenvalue weighted by molar-refractivity contribution is 0.0524. The summed E-state index contributed by atoms with van der Waals surface area (Å²) in [6, 6.07) is 12.9. The van der Waals surface area contributed by atoms with E-state index in [1.807, 2.05) is 0 Å². The van der Waals surface area contributed by atoms with Crippen LogP contribution in [0.2, 0.25) is 0 Å². The first-order chi connectivity index (χ1) is 12.1. The van der Waals surface area contributed by atoms with Crippen LogP contribution in [-0.2, 0) is 9.47 Å². The molecule has 0 aliphatic rings. The van der Waals surface area contributed by atoms with Crippen molar-refractivity contribution in [2.75, 3.05) is 26.9 Å². The summed E-state index contributed by atoms with van der Waals surface area (Å²) in [4.78, 5) is 23.9. The topological polar surface area (TPSA) is 71.1 Å². The first kappa shape index (κ1) is 18.5. The molecule has 0 spiro atoms. The van der Waals surface area contributed by atoms with E-state index in [4.69, 9.17) is 18.9 Å². The molecule has 0 N–H and O–H groups in total. The highest BCUT2D eigenvalue weighted by molar-refractivity contribution is 5.92. The molecule has 0 amide bonds. The maximum absolute atomic E-state index is 12.2. The molecule has 132 valence electrons. The van der Waals surface area contributed by atoms with Gasteiger partial charge in [0.1, 0.15) is 18.1 Å². The molecule has 0 saturated heterocycles. The molecule has 0 atom stereocenters. The lowest BCUT2D eigenvalue weighted by Crippen LogP contribution is -2.10. The first-order valence-corrected chi connectivity index (χ1v) is 7.85. The highest BCUT2D eigenvalue weighted by Gasteiger charge is 2.12. The maximum Gasteiger partial charge on any atom is 0.343 e. The molecular formula is C19H20O6. The third-order valence-corrected chi connectivity index (χ3v) is 3.20. The van der Waals surface area contributed by atoms with Crippen LogP contribution < -0.4 is 9.47 Å². The van der Waals surface area contributed by atoms with Crippen LogP contribution in [-0.4, -0.2) is 38.9 Å². The van der Waals surface area contributed by atoms with E-state index in [0.29, 0.717) is 30.1 Å². The second-order valence-corrected chi connectivity index (χ2v) is 5.00. The fraction of sp³-hybridized carbons (Fsp3) is 0.263. The van der Waals surface area contributed by atoms with Crippen molar-refractivity contribution in [1.29, 1.82) is 0 Å². The maximum atomic E-state index is 12.2. The number of carbonyl (C=O) groups excluding carboxylic acids is 2. The van der Waals surface area contributed by atoms with Gasteiger partial charge in [-0.2, -0.15) is 0 Å². The van der Waals surface area contributed by atoms with Crippen LogP contribution in [0.5, 0.6) is 11.5 Å². The van der Waals surface area contributed by atoms with E-state index >= 15 is 0 Å². The quantitative estimate of drug-likeness (QED) is 0.416. The highest BCUT2D eigenvalue weighted by Crippen LogP contribution is 2.18. The zero-order chi connectivity index (χ0) is 18.1. The van der Waals surface area contributed by atoms with E-state index in [2.05, 4.69) is 0 Å². The lowest BCUT2D eigenvalue weighted by Gasteiger charge is -2.08. The normalized spacial score (nSPS) is 10.2. The van der Waals surface area contributed by atoms with Gasteiger partial charge < -0.3 is 18.9 Å². The molecule has 0 fully saturated rings. The minimum Gasteiger partial charge on any atom is -0.491 e. The Labute approximate surface area is 146 Å². The van der Waals surface area contributed by atoms with Crippen LogP contribution in [0.3, 0.4) is 0 Å². The van der Waals surface area contributed by atoms with E-state index in [0.717, 1.165) is 0 Å². The van der Waals surface area contributed by atoms with Gasteiger partial charge in [0.25, 0.3) is 0 Å². The van der Waals surface area contributed by atoms with Gasteiger partial charge in [-0.3, -0.25) is 0 Å². The third kappa shape index (κ3) is 5.61. The molecule has 25 heavy (non-hydrogen) atoms. The van der Waals surface area contributed by atoms with Crippen molar-refractivity contribution in [2.45, 2.75) is 6.92 Å². The summed E-state index contributed by atoms with van der Waals surface area (Å²) in [6.45, 7) is 2.92. The van der Waals surface area contributed by atoms with Gasteiger partial charge in [0.2, 0.25) is 0 Å². The van der Waals surface area contributed by atoms with Gasteiger partial charge in [0.05, 0.1) is 24.3 Å². The van der Waals surface area contributed by atoms with E-state index in [9.17, 15) is 9.59 Å². The van der Waals surface area contributed by atoms with Crippen molar-refractivity contribution in [1.82, 2.24) is 0 Å². The number of benzene rings is 2. The van der Waals surface area contributed by atoms with Gasteiger partial charge in [-0.05, 0) is 49.4 Å². The second-order valence-electron chi connectivity index (χ2n) is 5.00. The van der Waals surface area contributed by atoms with Crippen LogP contribution in [0.25, 0.3) is 0 Å². The van der Waals surface area contributed by atoms with Crippen molar-refractivity contribution in [2.24, 2.45) is 0 Å². The zero-order valence-electron chi connectivity index (χ0n) is 14.2. The molecule has 0 heterocycles. The monoisotopic (exact) mass is 344 g/mol. The van der Waals surface area contributed by atoms with Gasteiger partial charge in [-0.25, -0.2) is 9.59 Å². The Hall–Kier alpha value is -2.86. The van der Waals surface area contributed by atoms with Crippen molar-refractivity contribution in [3.63, 3.8) is 0 Å². The summed E-state index contributed by atoms with van der Waals surface area (Å²) in [5.74, 6) is -0.0729. The predicted molar refractivity (Wildman–Crippen MR) is 91.2 cm³/mol. The minimum atomic E-state index is -0.524. The van der Waals surface area contributed by atoms with E-state index in [1.54, 1.807) is 56.5 Å². The lowest BCUT2D eigenvalue weighted by atomic mass is 10.2. The number of ether oxygens (including phenoxy) is 4. The van der Waals surface area contributed by atoms with Crippen LogP contribution >= 0.6 is 0 Å².